The summed E-state index contributed by atoms with van der Waals surface area (Å²) in [6, 6.07) is 19.4. The smallest absolute Gasteiger partial charge is 0.240 e. The highest BCUT2D eigenvalue weighted by Gasteiger charge is 2.17. The van der Waals surface area contributed by atoms with Crippen LogP contribution in [0.1, 0.15) is 11.1 Å². The van der Waals surface area contributed by atoms with Crippen molar-refractivity contribution in [1.82, 2.24) is 24.6 Å². The Hall–Kier alpha value is -3.03. The number of rotatable bonds is 7. The minimum absolute atomic E-state index is 0.0613. The van der Waals surface area contributed by atoms with E-state index in [2.05, 4.69) is 15.5 Å². The first kappa shape index (κ1) is 20.3. The van der Waals surface area contributed by atoms with Crippen molar-refractivity contribution in [2.45, 2.75) is 18.6 Å². The topological polar surface area (TPSA) is 64.7 Å². The van der Waals surface area contributed by atoms with E-state index in [-0.39, 0.29) is 11.7 Å². The predicted octanol–water partition coefficient (Wildman–Crippen LogP) is 4.43. The van der Waals surface area contributed by atoms with Crippen LogP contribution in [-0.2, 0) is 11.3 Å². The summed E-state index contributed by atoms with van der Waals surface area (Å²) in [6.07, 6.45) is 3.80. The van der Waals surface area contributed by atoms with Gasteiger partial charge in [0.15, 0.2) is 5.16 Å². The monoisotopic (exact) mass is 437 g/mol. The van der Waals surface area contributed by atoms with Gasteiger partial charge in [0.2, 0.25) is 11.9 Å². The zero-order valence-electron chi connectivity index (χ0n) is 16.3. The lowest BCUT2D eigenvalue weighted by atomic mass is 10.1. The van der Waals surface area contributed by atoms with Crippen LogP contribution in [0.4, 0.5) is 0 Å². The van der Waals surface area contributed by atoms with Gasteiger partial charge in [-0.2, -0.15) is 0 Å². The summed E-state index contributed by atoms with van der Waals surface area (Å²) in [6.45, 7) is 2.54. The highest BCUT2D eigenvalue weighted by Crippen LogP contribution is 2.25. The molecule has 0 aliphatic carbocycles. The molecule has 6 nitrogen and oxygen atoms in total. The number of thioether (sulfide) groups is 1. The van der Waals surface area contributed by atoms with Crippen molar-refractivity contribution in [2.24, 2.45) is 0 Å². The third-order valence-electron chi connectivity index (χ3n) is 4.48. The van der Waals surface area contributed by atoms with Gasteiger partial charge in [-0.25, -0.2) is 0 Å². The Morgan fingerprint density at radius 3 is 2.43 bits per heavy atom. The zero-order chi connectivity index (χ0) is 20.9. The molecule has 0 aliphatic rings. The van der Waals surface area contributed by atoms with E-state index in [1.807, 2.05) is 89.1 Å². The summed E-state index contributed by atoms with van der Waals surface area (Å²) in [7, 11) is 0. The second-order valence-electron chi connectivity index (χ2n) is 6.74. The standard InChI is InChI=1S/C22H20ClN5OS/c1-16-4-6-17(7-5-16)14-24-20(29)15-30-22-26-25-21(27-12-2-3-13-27)28(22)19-10-8-18(23)9-11-19/h2-13H,14-15H2,1H3,(H,24,29). The maximum Gasteiger partial charge on any atom is 0.240 e. The number of hydrogen-bond acceptors (Lipinski definition) is 4. The number of hydrogen-bond donors (Lipinski definition) is 1. The quantitative estimate of drug-likeness (QED) is 0.434. The summed E-state index contributed by atoms with van der Waals surface area (Å²) in [4.78, 5) is 12.4. The Kier molecular flexibility index (Phi) is 6.21. The minimum Gasteiger partial charge on any atom is -0.351 e. The molecule has 0 spiro atoms. The van der Waals surface area contributed by atoms with E-state index in [9.17, 15) is 4.79 Å². The average Bonchev–Trinajstić information content (AvgIpc) is 3.42. The molecular formula is C22H20ClN5OS. The summed E-state index contributed by atoms with van der Waals surface area (Å²) < 4.78 is 3.79. The van der Waals surface area contributed by atoms with E-state index < -0.39 is 0 Å². The van der Waals surface area contributed by atoms with Crippen LogP contribution >= 0.6 is 23.4 Å². The van der Waals surface area contributed by atoms with Crippen LogP contribution in [0.3, 0.4) is 0 Å². The van der Waals surface area contributed by atoms with Crippen LogP contribution < -0.4 is 5.32 Å². The summed E-state index contributed by atoms with van der Waals surface area (Å²) >= 11 is 7.39. The SMILES string of the molecule is Cc1ccc(CNC(=O)CSc2nnc(-n3cccc3)n2-c2ccc(Cl)cc2)cc1. The molecule has 1 N–H and O–H groups in total. The fourth-order valence-electron chi connectivity index (χ4n) is 2.89. The number of benzene rings is 2. The number of nitrogens with zero attached hydrogens (tertiary/aromatic N) is 4. The molecule has 152 valence electrons. The zero-order valence-corrected chi connectivity index (χ0v) is 17.9. The molecule has 2 aromatic heterocycles. The van der Waals surface area contributed by atoms with E-state index in [1.165, 1.54) is 17.3 Å². The van der Waals surface area contributed by atoms with Crippen molar-refractivity contribution in [3.63, 3.8) is 0 Å². The highest BCUT2D eigenvalue weighted by atomic mass is 35.5. The number of aryl methyl sites for hydroxylation is 1. The Morgan fingerprint density at radius 2 is 1.73 bits per heavy atom. The van der Waals surface area contributed by atoms with Crippen molar-refractivity contribution >= 4 is 29.3 Å². The fourth-order valence-corrected chi connectivity index (χ4v) is 3.80. The first-order chi connectivity index (χ1) is 14.6. The first-order valence-electron chi connectivity index (χ1n) is 9.40. The molecule has 0 aliphatic heterocycles. The van der Waals surface area contributed by atoms with Gasteiger partial charge in [-0.1, -0.05) is 53.2 Å². The Labute approximate surface area is 183 Å². The normalized spacial score (nSPS) is 10.9. The van der Waals surface area contributed by atoms with Crippen molar-refractivity contribution in [3.05, 3.63) is 89.2 Å². The van der Waals surface area contributed by atoms with E-state index >= 15 is 0 Å². The van der Waals surface area contributed by atoms with Gasteiger partial charge in [0.25, 0.3) is 0 Å². The molecule has 30 heavy (non-hydrogen) atoms. The van der Waals surface area contributed by atoms with Gasteiger partial charge in [0, 0.05) is 24.0 Å². The number of amides is 1. The third kappa shape index (κ3) is 4.75. The lowest BCUT2D eigenvalue weighted by molar-refractivity contribution is -0.118. The largest absolute Gasteiger partial charge is 0.351 e. The van der Waals surface area contributed by atoms with Crippen LogP contribution in [0.25, 0.3) is 11.6 Å². The van der Waals surface area contributed by atoms with Crippen LogP contribution in [0.2, 0.25) is 5.02 Å². The number of halogens is 1. The summed E-state index contributed by atoms with van der Waals surface area (Å²) in [5.41, 5.74) is 3.13. The molecule has 4 rings (SSSR count). The summed E-state index contributed by atoms with van der Waals surface area (Å²) in [5.74, 6) is 0.821. The van der Waals surface area contributed by atoms with E-state index in [0.717, 1.165) is 11.3 Å². The second kappa shape index (κ2) is 9.19. The van der Waals surface area contributed by atoms with Gasteiger partial charge in [-0.05, 0) is 48.9 Å². The van der Waals surface area contributed by atoms with Crippen molar-refractivity contribution in [1.29, 1.82) is 0 Å². The Bertz CT molecular complexity index is 1120. The maximum absolute atomic E-state index is 12.4. The number of nitrogens with one attached hydrogen (secondary N) is 1. The molecule has 0 unspecified atom stereocenters. The van der Waals surface area contributed by atoms with Crippen molar-refractivity contribution < 1.29 is 4.79 Å². The van der Waals surface area contributed by atoms with Crippen LogP contribution in [0.5, 0.6) is 0 Å². The van der Waals surface area contributed by atoms with Crippen molar-refractivity contribution in [3.8, 4) is 11.6 Å². The number of carbonyl (C=O) groups is 1. The maximum atomic E-state index is 12.4. The van der Waals surface area contributed by atoms with Crippen molar-refractivity contribution in [2.75, 3.05) is 5.75 Å². The van der Waals surface area contributed by atoms with Gasteiger partial charge >= 0.3 is 0 Å². The fraction of sp³-hybridized carbons (Fsp3) is 0.136. The number of carbonyl (C=O) groups excluding carboxylic acids is 1. The third-order valence-corrected chi connectivity index (χ3v) is 5.66. The molecule has 1 amide bonds. The van der Waals surface area contributed by atoms with Gasteiger partial charge in [0.05, 0.1) is 11.4 Å². The molecule has 0 saturated carbocycles. The summed E-state index contributed by atoms with van der Waals surface area (Å²) in [5, 5.41) is 12.9. The average molecular weight is 438 g/mol. The molecule has 0 atom stereocenters. The highest BCUT2D eigenvalue weighted by molar-refractivity contribution is 7.99. The van der Waals surface area contributed by atoms with E-state index in [1.54, 1.807) is 0 Å². The molecule has 0 bridgehead atoms. The molecule has 2 heterocycles. The van der Waals surface area contributed by atoms with E-state index in [4.69, 9.17) is 11.6 Å². The van der Waals surface area contributed by atoms with Crippen LogP contribution in [-0.4, -0.2) is 31.0 Å². The predicted molar refractivity (Wildman–Crippen MR) is 119 cm³/mol. The first-order valence-corrected chi connectivity index (χ1v) is 10.8. The van der Waals surface area contributed by atoms with Crippen LogP contribution in [0.15, 0.2) is 78.2 Å². The molecule has 2 aromatic carbocycles. The lowest BCUT2D eigenvalue weighted by Crippen LogP contribution is -2.24. The Morgan fingerprint density at radius 1 is 1.03 bits per heavy atom. The van der Waals surface area contributed by atoms with Gasteiger partial charge in [0.1, 0.15) is 0 Å². The lowest BCUT2D eigenvalue weighted by Gasteiger charge is -2.11. The molecule has 0 fully saturated rings. The molecule has 0 radical (unpaired) electrons. The number of aromatic nitrogens is 4. The molecule has 0 saturated heterocycles. The molecule has 8 heteroatoms. The van der Waals surface area contributed by atoms with Gasteiger partial charge in [-0.3, -0.25) is 13.9 Å². The van der Waals surface area contributed by atoms with Gasteiger partial charge in [-0.15, -0.1) is 10.2 Å². The van der Waals surface area contributed by atoms with Gasteiger partial charge < -0.3 is 5.32 Å². The second-order valence-corrected chi connectivity index (χ2v) is 8.11. The Balaban J connectivity index is 1.49. The molecule has 4 aromatic rings. The minimum atomic E-state index is -0.0613. The molecular weight excluding hydrogens is 418 g/mol. The van der Waals surface area contributed by atoms with Crippen LogP contribution in [0, 0.1) is 6.92 Å². The van der Waals surface area contributed by atoms with E-state index in [0.29, 0.717) is 22.7 Å².